The molecule has 0 spiro atoms. The van der Waals surface area contributed by atoms with E-state index >= 15 is 0 Å². The van der Waals surface area contributed by atoms with Crippen LogP contribution in [0, 0.1) is 5.54 Å². The Balaban J connectivity index is -0.0000000267. The van der Waals surface area contributed by atoms with Gasteiger partial charge in [-0.25, -0.2) is 0 Å². The molecule has 0 aromatic heterocycles. The van der Waals surface area contributed by atoms with Crippen molar-refractivity contribution in [1.82, 2.24) is 0 Å². The predicted molar refractivity (Wildman–Crippen MR) is 25.4 cm³/mol. The molecule has 0 heterocycles. The Morgan fingerprint density at radius 3 is 1.57 bits per heavy atom. The number of hydrogen-bond acceptors (Lipinski definition) is 0. The molecule has 0 nitrogen and oxygen atoms in total. The Morgan fingerprint density at radius 2 is 1.57 bits per heavy atom. The molecule has 0 atom stereocenters. The van der Waals surface area contributed by atoms with E-state index in [1.54, 1.807) is 0 Å². The van der Waals surface area contributed by atoms with Crippen molar-refractivity contribution in [2.75, 3.05) is 0 Å². The fourth-order valence-corrected chi connectivity index (χ4v) is 0. The van der Waals surface area contributed by atoms with Crippen molar-refractivity contribution >= 4 is 34.8 Å². The van der Waals surface area contributed by atoms with Crippen LogP contribution in [0.5, 0.6) is 0 Å². The summed E-state index contributed by atoms with van der Waals surface area (Å²) in [6, 6.07) is 0. The van der Waals surface area contributed by atoms with Gasteiger partial charge in [0, 0.05) is 21.1 Å². The third-order valence-corrected chi connectivity index (χ3v) is 0.643. The Morgan fingerprint density at radius 1 is 1.43 bits per heavy atom. The molecule has 0 rings (SSSR count). The fraction of sp³-hybridized carbons (Fsp3) is 0. The average molecular weight is 366 g/mol. The first kappa shape index (κ1) is 16.5. The van der Waals surface area contributed by atoms with Crippen LogP contribution in [0.3, 0.4) is 0 Å². The van der Waals surface area contributed by atoms with Crippen molar-refractivity contribution < 1.29 is 73.9 Å². The summed E-state index contributed by atoms with van der Waals surface area (Å²) in [5, 5.41) is 0. The Kier molecular flexibility index (Phi) is 27.6. The third kappa shape index (κ3) is 17.6. The Labute approximate surface area is 116 Å². The second-order valence-electron chi connectivity index (χ2n) is 0.355. The number of hydrogen-bond donors (Lipinski definition) is 0. The monoisotopic (exact) mass is 364 g/mol. The summed E-state index contributed by atoms with van der Waals surface area (Å²) in [6.07, 6.45) is 0. The first-order valence-electron chi connectivity index (χ1n) is 0.817. The quantitative estimate of drug-likeness (QED) is 0.398. The average Bonchev–Trinajstić information content (AvgIpc) is 1.38. The van der Waals surface area contributed by atoms with E-state index in [1.165, 1.54) is 0 Å². The van der Waals surface area contributed by atoms with Gasteiger partial charge in [0.1, 0.15) is 0 Å². The molecular formula is C2HCl3KPt-. The molecule has 0 aromatic carbocycles. The molecule has 42 valence electrons. The predicted octanol–water partition coefficient (Wildman–Crippen LogP) is -0.581. The second kappa shape index (κ2) is 11.7. The molecule has 0 amide bonds. The summed E-state index contributed by atoms with van der Waals surface area (Å²) in [6.45, 7) is 0. The van der Waals surface area contributed by atoms with Gasteiger partial charge in [0.05, 0.1) is 0 Å². The molecule has 5 heteroatoms. The van der Waals surface area contributed by atoms with Gasteiger partial charge < -0.3 is 18.6 Å². The van der Waals surface area contributed by atoms with Gasteiger partial charge in [-0.1, -0.05) is 4.49 Å². The van der Waals surface area contributed by atoms with Crippen molar-refractivity contribution in [2.45, 2.75) is 0 Å². The van der Waals surface area contributed by atoms with E-state index in [0.29, 0.717) is 0 Å². The molecular weight excluding hydrogens is 365 g/mol. The van der Waals surface area contributed by atoms with Crippen molar-refractivity contribution in [3.8, 4) is 0 Å². The van der Waals surface area contributed by atoms with E-state index in [0.717, 1.165) is 0 Å². The van der Waals surface area contributed by atoms with Crippen LogP contribution in [0.25, 0.3) is 0 Å². The van der Waals surface area contributed by atoms with Crippen molar-refractivity contribution in [1.29, 1.82) is 0 Å². The van der Waals surface area contributed by atoms with Crippen LogP contribution in [-0.2, 0) is 21.1 Å². The largest absolute Gasteiger partial charge is 1.00 e. The van der Waals surface area contributed by atoms with Gasteiger partial charge in [-0.05, 0) is 0 Å². The van der Waals surface area contributed by atoms with Gasteiger partial charge in [0.2, 0.25) is 0 Å². The summed E-state index contributed by atoms with van der Waals surface area (Å²) in [5.41, 5.74) is 1.95. The summed E-state index contributed by atoms with van der Waals surface area (Å²) >= 11 is 14.6. The van der Waals surface area contributed by atoms with E-state index in [2.05, 4.69) is 0 Å². The van der Waals surface area contributed by atoms with Crippen LogP contribution in [-0.4, -0.2) is 0 Å². The minimum Gasteiger partial charge on any atom is -1.00 e. The van der Waals surface area contributed by atoms with Crippen LogP contribution < -0.4 is 51.4 Å². The molecule has 0 radical (unpaired) electrons. The first-order valence-corrected chi connectivity index (χ1v) is 1.95. The normalized spacial score (nSPS) is 5.00. The zero-order valence-electron chi connectivity index (χ0n) is 4.45. The molecule has 0 aromatic rings. The van der Waals surface area contributed by atoms with Gasteiger partial charge in [-0.15, -0.1) is 23.2 Å². The van der Waals surface area contributed by atoms with E-state index in [1.807, 2.05) is 5.54 Å². The van der Waals surface area contributed by atoms with E-state index in [9.17, 15) is 0 Å². The molecule has 0 fully saturated rings. The van der Waals surface area contributed by atoms with Gasteiger partial charge in [-0.3, -0.25) is 0 Å². The Hall–Kier alpha value is 2.93. The minimum absolute atomic E-state index is 0. The molecule has 0 saturated heterocycles. The second-order valence-corrected chi connectivity index (χ2v) is 1.49. The van der Waals surface area contributed by atoms with Crippen LogP contribution in [0.4, 0.5) is 0 Å². The van der Waals surface area contributed by atoms with Gasteiger partial charge in [-0.2, -0.15) is 0 Å². The van der Waals surface area contributed by atoms with Crippen molar-refractivity contribution in [3.63, 3.8) is 0 Å². The fourth-order valence-electron chi connectivity index (χ4n) is 0. The van der Waals surface area contributed by atoms with Gasteiger partial charge >= 0.3 is 51.4 Å². The van der Waals surface area contributed by atoms with Crippen LogP contribution in [0.2, 0.25) is 0 Å². The summed E-state index contributed by atoms with van der Waals surface area (Å²) in [7, 11) is 0. The molecule has 0 aliphatic carbocycles. The molecule has 0 aliphatic rings. The maximum absolute atomic E-state index is 4.90. The maximum Gasteiger partial charge on any atom is 1.00 e. The molecule has 7 heavy (non-hydrogen) atoms. The van der Waals surface area contributed by atoms with E-state index < -0.39 is 0 Å². The maximum atomic E-state index is 4.90. The third-order valence-electron chi connectivity index (χ3n) is 0.0714. The standard InChI is InChI=1S/C2Cl3.K.Pt.H/c3-1-2(4)5;;;/q-1;+1;;-1. The van der Waals surface area contributed by atoms with Crippen LogP contribution in [0.15, 0.2) is 4.49 Å². The van der Waals surface area contributed by atoms with E-state index in [4.69, 9.17) is 34.8 Å². The van der Waals surface area contributed by atoms with Gasteiger partial charge in [0.25, 0.3) is 0 Å². The van der Waals surface area contributed by atoms with E-state index in [-0.39, 0.29) is 78.4 Å². The number of rotatable bonds is 0. The minimum atomic E-state index is -0.0355. The van der Waals surface area contributed by atoms with Crippen molar-refractivity contribution in [2.24, 2.45) is 0 Å². The van der Waals surface area contributed by atoms with Crippen LogP contribution >= 0.6 is 34.8 Å². The first-order chi connectivity index (χ1) is 2.27. The molecule has 0 N–H and O–H groups in total. The molecule has 0 aliphatic heterocycles. The van der Waals surface area contributed by atoms with Crippen molar-refractivity contribution in [3.05, 3.63) is 10.0 Å². The molecule has 0 unspecified atom stereocenters. The summed E-state index contributed by atoms with van der Waals surface area (Å²) < 4.78 is -0.0355. The summed E-state index contributed by atoms with van der Waals surface area (Å²) in [4.78, 5) is 0. The molecule has 0 saturated carbocycles. The Bertz CT molecular complexity index is 55.2. The smallest absolute Gasteiger partial charge is 1.00 e. The van der Waals surface area contributed by atoms with Gasteiger partial charge in [0.15, 0.2) is 0 Å². The SMILES string of the molecule is Cl[C-]=C(Cl)Cl.[H-].[K+].[Pt]. The molecule has 0 bridgehead atoms. The zero-order chi connectivity index (χ0) is 4.28. The van der Waals surface area contributed by atoms with Crippen LogP contribution in [0.1, 0.15) is 1.43 Å². The zero-order valence-corrected chi connectivity index (χ0v) is 11.1. The topological polar surface area (TPSA) is 0 Å². The summed E-state index contributed by atoms with van der Waals surface area (Å²) in [5.74, 6) is 0. The number of halogens is 3.